The Kier molecular flexibility index (Phi) is 3.48. The summed E-state index contributed by atoms with van der Waals surface area (Å²) < 4.78 is 44.3. The van der Waals surface area contributed by atoms with E-state index >= 15 is 0 Å². The van der Waals surface area contributed by atoms with Crippen molar-refractivity contribution >= 4 is 34.4 Å². The van der Waals surface area contributed by atoms with Crippen LogP contribution in [0.3, 0.4) is 0 Å². The van der Waals surface area contributed by atoms with Crippen LogP contribution in [-0.4, -0.2) is 12.0 Å². The number of nitrogens with zero attached hydrogens (tertiary/aromatic N) is 2. The number of alkyl halides is 3. The van der Waals surface area contributed by atoms with Crippen LogP contribution in [0.2, 0.25) is 5.02 Å². The van der Waals surface area contributed by atoms with Gasteiger partial charge in [-0.3, -0.25) is 4.90 Å². The Hall–Kier alpha value is -2.21. The zero-order valence-electron chi connectivity index (χ0n) is 11.4. The molecule has 0 saturated heterocycles. The number of anilines is 2. The number of hydrogen-bond acceptors (Lipinski definition) is 3. The number of halogens is 4. The van der Waals surface area contributed by atoms with Crippen molar-refractivity contribution in [3.63, 3.8) is 0 Å². The van der Waals surface area contributed by atoms with Gasteiger partial charge in [-0.05, 0) is 30.3 Å². The maximum absolute atomic E-state index is 12.9. The molecule has 3 aromatic rings. The first kappa shape index (κ1) is 14.7. The molecule has 2 aromatic carbocycles. The minimum Gasteiger partial charge on any atom is -0.423 e. The van der Waals surface area contributed by atoms with Crippen molar-refractivity contribution in [2.75, 3.05) is 11.9 Å². The predicted molar refractivity (Wildman–Crippen MR) is 78.5 cm³/mol. The van der Waals surface area contributed by atoms with Crippen LogP contribution in [0.1, 0.15) is 5.56 Å². The Morgan fingerprint density at radius 3 is 2.55 bits per heavy atom. The summed E-state index contributed by atoms with van der Waals surface area (Å²) >= 11 is 5.62. The number of fused-ring (bicyclic) bond motifs is 1. The lowest BCUT2D eigenvalue weighted by Crippen LogP contribution is -2.12. The standard InChI is InChI=1S/C15H10ClF3N2O/c1-21(14-20-12-4-2-3-5-13(12)22-14)9-6-7-11(16)10(8-9)15(17,18)19/h2-8H,1H3. The molecule has 0 aliphatic rings. The molecule has 0 saturated carbocycles. The van der Waals surface area contributed by atoms with Crippen molar-refractivity contribution in [3.8, 4) is 0 Å². The van der Waals surface area contributed by atoms with Gasteiger partial charge in [0.1, 0.15) is 5.52 Å². The van der Waals surface area contributed by atoms with Crippen LogP contribution in [0.4, 0.5) is 24.9 Å². The maximum atomic E-state index is 12.9. The number of para-hydroxylation sites is 2. The molecule has 0 N–H and O–H groups in total. The second-order valence-electron chi connectivity index (χ2n) is 4.69. The SMILES string of the molecule is CN(c1ccc(Cl)c(C(F)(F)F)c1)c1nc2ccccc2o1. The molecular formula is C15H10ClF3N2O. The molecule has 0 bridgehead atoms. The van der Waals surface area contributed by atoms with Crippen LogP contribution in [-0.2, 0) is 6.18 Å². The van der Waals surface area contributed by atoms with E-state index in [1.165, 1.54) is 17.0 Å². The Morgan fingerprint density at radius 2 is 1.86 bits per heavy atom. The van der Waals surface area contributed by atoms with Gasteiger partial charge >= 0.3 is 12.2 Å². The topological polar surface area (TPSA) is 29.3 Å². The molecule has 0 unspecified atom stereocenters. The average Bonchev–Trinajstić information content (AvgIpc) is 2.89. The summed E-state index contributed by atoms with van der Waals surface area (Å²) in [7, 11) is 1.58. The summed E-state index contributed by atoms with van der Waals surface area (Å²) in [4.78, 5) is 5.68. The highest BCUT2D eigenvalue weighted by Crippen LogP contribution is 2.38. The van der Waals surface area contributed by atoms with E-state index in [2.05, 4.69) is 4.98 Å². The lowest BCUT2D eigenvalue weighted by atomic mass is 10.2. The maximum Gasteiger partial charge on any atom is 0.417 e. The quantitative estimate of drug-likeness (QED) is 0.642. The van der Waals surface area contributed by atoms with Crippen LogP contribution in [0.15, 0.2) is 46.9 Å². The van der Waals surface area contributed by atoms with Gasteiger partial charge in [-0.2, -0.15) is 18.2 Å². The molecule has 0 radical (unpaired) electrons. The van der Waals surface area contributed by atoms with Gasteiger partial charge in [-0.15, -0.1) is 0 Å². The van der Waals surface area contributed by atoms with Crippen LogP contribution in [0.25, 0.3) is 11.1 Å². The largest absolute Gasteiger partial charge is 0.423 e. The molecule has 3 rings (SSSR count). The molecular weight excluding hydrogens is 317 g/mol. The Bertz CT molecular complexity index is 796. The fraction of sp³-hybridized carbons (Fsp3) is 0.133. The van der Waals surface area contributed by atoms with E-state index in [0.717, 1.165) is 6.07 Å². The van der Waals surface area contributed by atoms with Gasteiger partial charge < -0.3 is 4.42 Å². The molecule has 0 atom stereocenters. The van der Waals surface area contributed by atoms with E-state index in [0.29, 0.717) is 11.1 Å². The lowest BCUT2D eigenvalue weighted by molar-refractivity contribution is -0.137. The second-order valence-corrected chi connectivity index (χ2v) is 5.09. The van der Waals surface area contributed by atoms with Gasteiger partial charge in [-0.1, -0.05) is 23.7 Å². The first-order valence-corrected chi connectivity index (χ1v) is 6.70. The lowest BCUT2D eigenvalue weighted by Gasteiger charge is -2.17. The number of aromatic nitrogens is 1. The molecule has 22 heavy (non-hydrogen) atoms. The molecule has 7 heteroatoms. The van der Waals surface area contributed by atoms with Gasteiger partial charge in [0, 0.05) is 12.7 Å². The van der Waals surface area contributed by atoms with Crippen LogP contribution < -0.4 is 4.90 Å². The van der Waals surface area contributed by atoms with E-state index < -0.39 is 11.7 Å². The normalized spacial score (nSPS) is 11.9. The van der Waals surface area contributed by atoms with Crippen LogP contribution in [0, 0.1) is 0 Å². The van der Waals surface area contributed by atoms with Gasteiger partial charge in [0.05, 0.1) is 10.6 Å². The van der Waals surface area contributed by atoms with Crippen molar-refractivity contribution in [1.29, 1.82) is 0 Å². The molecule has 0 amide bonds. The van der Waals surface area contributed by atoms with Crippen molar-refractivity contribution < 1.29 is 17.6 Å². The third kappa shape index (κ3) is 2.62. The van der Waals surface area contributed by atoms with Crippen LogP contribution >= 0.6 is 11.6 Å². The van der Waals surface area contributed by atoms with Gasteiger partial charge in [0.2, 0.25) is 0 Å². The fourth-order valence-corrected chi connectivity index (χ4v) is 2.28. The first-order valence-electron chi connectivity index (χ1n) is 6.32. The molecule has 114 valence electrons. The van der Waals surface area contributed by atoms with Crippen molar-refractivity contribution in [1.82, 2.24) is 4.98 Å². The predicted octanol–water partition coefficient (Wildman–Crippen LogP) is 5.27. The van der Waals surface area contributed by atoms with Gasteiger partial charge in [-0.25, -0.2) is 0 Å². The van der Waals surface area contributed by atoms with Gasteiger partial charge in [0.25, 0.3) is 0 Å². The summed E-state index contributed by atoms with van der Waals surface area (Å²) in [6.45, 7) is 0. The van der Waals surface area contributed by atoms with Crippen molar-refractivity contribution in [2.24, 2.45) is 0 Å². The number of hydrogen-bond donors (Lipinski definition) is 0. The summed E-state index contributed by atoms with van der Waals surface area (Å²) in [5.74, 6) is 0. The fourth-order valence-electron chi connectivity index (χ4n) is 2.05. The zero-order chi connectivity index (χ0) is 15.9. The molecule has 3 nitrogen and oxygen atoms in total. The molecule has 0 aliphatic carbocycles. The van der Waals surface area contributed by atoms with E-state index in [4.69, 9.17) is 16.0 Å². The summed E-state index contributed by atoms with van der Waals surface area (Å²) in [6, 6.07) is 11.0. The molecule has 0 spiro atoms. The Balaban J connectivity index is 2.03. The smallest absolute Gasteiger partial charge is 0.417 e. The van der Waals surface area contributed by atoms with Crippen LogP contribution in [0.5, 0.6) is 0 Å². The van der Waals surface area contributed by atoms with Gasteiger partial charge in [0.15, 0.2) is 5.58 Å². The number of rotatable bonds is 2. The molecule has 1 heterocycles. The van der Waals surface area contributed by atoms with E-state index in [-0.39, 0.29) is 16.7 Å². The Morgan fingerprint density at radius 1 is 1.14 bits per heavy atom. The Labute approximate surface area is 128 Å². The van der Waals surface area contributed by atoms with Crippen molar-refractivity contribution in [3.05, 3.63) is 53.1 Å². The monoisotopic (exact) mass is 326 g/mol. The minimum atomic E-state index is -4.52. The minimum absolute atomic E-state index is 0.205. The highest BCUT2D eigenvalue weighted by Gasteiger charge is 2.33. The molecule has 1 aromatic heterocycles. The molecule has 0 fully saturated rings. The number of benzene rings is 2. The highest BCUT2D eigenvalue weighted by molar-refractivity contribution is 6.31. The average molecular weight is 327 g/mol. The molecule has 0 aliphatic heterocycles. The number of oxazole rings is 1. The van der Waals surface area contributed by atoms with E-state index in [1.54, 1.807) is 31.3 Å². The summed E-state index contributed by atoms with van der Waals surface area (Å²) in [5, 5.41) is -0.345. The summed E-state index contributed by atoms with van der Waals surface area (Å²) in [5.41, 5.74) is 0.585. The highest BCUT2D eigenvalue weighted by atomic mass is 35.5. The van der Waals surface area contributed by atoms with E-state index in [9.17, 15) is 13.2 Å². The van der Waals surface area contributed by atoms with Crippen molar-refractivity contribution in [2.45, 2.75) is 6.18 Å². The summed E-state index contributed by atoms with van der Waals surface area (Å²) in [6.07, 6.45) is -4.52. The first-order chi connectivity index (χ1) is 10.4. The van der Waals surface area contributed by atoms with E-state index in [1.807, 2.05) is 0 Å². The third-order valence-electron chi connectivity index (χ3n) is 3.21. The zero-order valence-corrected chi connectivity index (χ0v) is 12.1. The third-order valence-corrected chi connectivity index (χ3v) is 3.54. The second kappa shape index (κ2) is 5.21.